The monoisotopic (exact) mass is 338 g/mol. The molecular weight excluding hydrogens is 312 g/mol. The molecule has 0 saturated heterocycles. The average molecular weight is 338 g/mol. The number of hydrogen-bond acceptors (Lipinski definition) is 3. The van der Waals surface area contributed by atoms with Crippen LogP contribution in [0.3, 0.4) is 0 Å². The molecule has 0 spiro atoms. The highest BCUT2D eigenvalue weighted by Crippen LogP contribution is 2.45. The first kappa shape index (κ1) is 17.6. The number of nitrogens with one attached hydrogen (secondary N) is 1. The van der Waals surface area contributed by atoms with Crippen molar-refractivity contribution in [2.75, 3.05) is 0 Å². The van der Waals surface area contributed by atoms with Gasteiger partial charge < -0.3 is 5.32 Å². The minimum Gasteiger partial charge on any atom is -0.310 e. The summed E-state index contributed by atoms with van der Waals surface area (Å²) in [7, 11) is 0. The minimum atomic E-state index is -0.551. The van der Waals surface area contributed by atoms with Crippen LogP contribution in [-0.2, 0) is 6.54 Å². The molecule has 2 aromatic carbocycles. The molecular formula is C21H26N2O2. The van der Waals surface area contributed by atoms with E-state index in [1.807, 2.05) is 62.4 Å². The van der Waals surface area contributed by atoms with E-state index in [0.29, 0.717) is 0 Å². The van der Waals surface area contributed by atoms with Crippen LogP contribution >= 0.6 is 0 Å². The molecule has 132 valence electrons. The zero-order valence-corrected chi connectivity index (χ0v) is 14.9. The van der Waals surface area contributed by atoms with E-state index >= 15 is 0 Å². The summed E-state index contributed by atoms with van der Waals surface area (Å²) in [4.78, 5) is 11.8. The van der Waals surface area contributed by atoms with Crippen molar-refractivity contribution in [3.63, 3.8) is 0 Å². The third-order valence-corrected chi connectivity index (χ3v) is 5.39. The Morgan fingerprint density at radius 2 is 1.68 bits per heavy atom. The highest BCUT2D eigenvalue weighted by atomic mass is 16.6. The number of benzene rings is 2. The smallest absolute Gasteiger partial charge is 0.225 e. The summed E-state index contributed by atoms with van der Waals surface area (Å²) in [6.45, 7) is 4.87. The molecule has 3 unspecified atom stereocenters. The molecule has 1 fully saturated rings. The summed E-state index contributed by atoms with van der Waals surface area (Å²) in [5.41, 5.74) is 1.97. The van der Waals surface area contributed by atoms with Gasteiger partial charge in [-0.2, -0.15) is 0 Å². The van der Waals surface area contributed by atoms with Crippen LogP contribution < -0.4 is 5.32 Å². The Bertz CT molecular complexity index is 700. The minimum absolute atomic E-state index is 0.0618. The molecule has 3 atom stereocenters. The van der Waals surface area contributed by atoms with E-state index in [1.165, 1.54) is 5.56 Å². The molecule has 3 rings (SSSR count). The average Bonchev–Trinajstić information content (AvgIpc) is 2.60. The fraction of sp³-hybridized carbons (Fsp3) is 0.429. The van der Waals surface area contributed by atoms with Gasteiger partial charge in [-0.25, -0.2) is 0 Å². The van der Waals surface area contributed by atoms with E-state index in [9.17, 15) is 10.1 Å². The molecule has 1 N–H and O–H groups in total. The van der Waals surface area contributed by atoms with Gasteiger partial charge in [0.2, 0.25) is 6.04 Å². The van der Waals surface area contributed by atoms with Crippen LogP contribution in [0.4, 0.5) is 0 Å². The normalized spacial score (nSPS) is 25.4. The van der Waals surface area contributed by atoms with Gasteiger partial charge in [-0.15, -0.1) is 0 Å². The fourth-order valence-corrected chi connectivity index (χ4v) is 4.28. The van der Waals surface area contributed by atoms with E-state index in [1.54, 1.807) is 0 Å². The third-order valence-electron chi connectivity index (χ3n) is 5.39. The summed E-state index contributed by atoms with van der Waals surface area (Å²) in [6, 6.07) is 20.0. The van der Waals surface area contributed by atoms with Crippen molar-refractivity contribution in [3.8, 4) is 0 Å². The quantitative estimate of drug-likeness (QED) is 0.649. The van der Waals surface area contributed by atoms with E-state index < -0.39 is 6.04 Å². The van der Waals surface area contributed by atoms with Crippen LogP contribution in [0.2, 0.25) is 0 Å². The lowest BCUT2D eigenvalue weighted by Gasteiger charge is -2.42. The van der Waals surface area contributed by atoms with Gasteiger partial charge in [-0.05, 0) is 24.0 Å². The lowest BCUT2D eigenvalue weighted by molar-refractivity contribution is -0.549. The van der Waals surface area contributed by atoms with Crippen LogP contribution in [0.5, 0.6) is 0 Å². The molecule has 0 radical (unpaired) electrons. The molecule has 4 nitrogen and oxygen atoms in total. The topological polar surface area (TPSA) is 55.2 Å². The van der Waals surface area contributed by atoms with Gasteiger partial charge in [0.25, 0.3) is 0 Å². The molecule has 4 heteroatoms. The van der Waals surface area contributed by atoms with Gasteiger partial charge in [0, 0.05) is 22.9 Å². The molecule has 0 amide bonds. The van der Waals surface area contributed by atoms with Crippen LogP contribution in [0.1, 0.15) is 43.7 Å². The molecule has 0 aromatic heterocycles. The first-order valence-corrected chi connectivity index (χ1v) is 8.93. The number of nitro groups is 1. The van der Waals surface area contributed by atoms with Crippen molar-refractivity contribution in [2.24, 2.45) is 5.41 Å². The fourth-order valence-electron chi connectivity index (χ4n) is 4.28. The van der Waals surface area contributed by atoms with E-state index in [0.717, 1.165) is 24.9 Å². The number of hydrogen-bond donors (Lipinski definition) is 1. The molecule has 2 aromatic rings. The van der Waals surface area contributed by atoms with Crippen LogP contribution in [0.25, 0.3) is 0 Å². The predicted molar refractivity (Wildman–Crippen MR) is 100 cm³/mol. The van der Waals surface area contributed by atoms with Crippen LogP contribution in [-0.4, -0.2) is 17.0 Å². The first-order chi connectivity index (χ1) is 12.0. The maximum Gasteiger partial charge on any atom is 0.225 e. The van der Waals surface area contributed by atoms with E-state index in [-0.39, 0.29) is 22.3 Å². The summed E-state index contributed by atoms with van der Waals surface area (Å²) >= 11 is 0. The summed E-state index contributed by atoms with van der Waals surface area (Å²) < 4.78 is 0. The standard InChI is InChI=1S/C21H26N2O2/c1-21(2)14-18(22-15-16-9-5-3-6-10-16)13-19(20(21)23(24)25)17-11-7-4-8-12-17/h3-12,18-20,22H,13-15H2,1-2H3. The van der Waals surface area contributed by atoms with Gasteiger partial charge in [-0.1, -0.05) is 74.5 Å². The first-order valence-electron chi connectivity index (χ1n) is 8.93. The lowest BCUT2D eigenvalue weighted by atomic mass is 9.64. The zero-order valence-electron chi connectivity index (χ0n) is 14.9. The highest BCUT2D eigenvalue weighted by molar-refractivity contribution is 5.23. The summed E-state index contributed by atoms with van der Waals surface area (Å²) in [5.74, 6) is -0.0618. The Labute approximate surface area is 149 Å². The molecule has 1 saturated carbocycles. The van der Waals surface area contributed by atoms with Crippen LogP contribution in [0.15, 0.2) is 60.7 Å². The lowest BCUT2D eigenvalue weighted by Crippen LogP contribution is -2.51. The maximum atomic E-state index is 11.8. The van der Waals surface area contributed by atoms with Gasteiger partial charge >= 0.3 is 0 Å². The molecule has 0 bridgehead atoms. The van der Waals surface area contributed by atoms with E-state index in [4.69, 9.17) is 0 Å². The number of rotatable bonds is 5. The summed E-state index contributed by atoms with van der Waals surface area (Å²) in [5, 5.41) is 15.5. The second kappa shape index (κ2) is 7.36. The summed E-state index contributed by atoms with van der Waals surface area (Å²) in [6.07, 6.45) is 1.61. The molecule has 1 aliphatic carbocycles. The molecule has 1 aliphatic rings. The van der Waals surface area contributed by atoms with Crippen molar-refractivity contribution >= 4 is 0 Å². The van der Waals surface area contributed by atoms with Crippen molar-refractivity contribution in [1.29, 1.82) is 0 Å². The molecule has 0 heterocycles. The Morgan fingerprint density at radius 3 is 2.28 bits per heavy atom. The van der Waals surface area contributed by atoms with Gasteiger partial charge in [0.1, 0.15) is 0 Å². The molecule has 0 aliphatic heterocycles. The molecule has 25 heavy (non-hydrogen) atoms. The van der Waals surface area contributed by atoms with Gasteiger partial charge in [0.05, 0.1) is 5.92 Å². The second-order valence-electron chi connectivity index (χ2n) is 7.74. The van der Waals surface area contributed by atoms with Gasteiger partial charge in [0.15, 0.2) is 0 Å². The SMILES string of the molecule is CC1(C)CC(NCc2ccccc2)CC(c2ccccc2)C1[N+](=O)[O-]. The zero-order chi connectivity index (χ0) is 17.9. The highest BCUT2D eigenvalue weighted by Gasteiger charge is 2.50. The Morgan fingerprint density at radius 1 is 1.08 bits per heavy atom. The van der Waals surface area contributed by atoms with Crippen molar-refractivity contribution in [3.05, 3.63) is 81.9 Å². The third kappa shape index (κ3) is 4.07. The Hall–Kier alpha value is -2.20. The maximum absolute atomic E-state index is 11.8. The predicted octanol–water partition coefficient (Wildman–Crippen LogP) is 4.39. The van der Waals surface area contributed by atoms with Crippen molar-refractivity contribution in [2.45, 2.75) is 51.2 Å². The Kier molecular flexibility index (Phi) is 5.19. The van der Waals surface area contributed by atoms with Crippen molar-refractivity contribution in [1.82, 2.24) is 5.32 Å². The largest absolute Gasteiger partial charge is 0.310 e. The van der Waals surface area contributed by atoms with Crippen molar-refractivity contribution < 1.29 is 4.92 Å². The van der Waals surface area contributed by atoms with Gasteiger partial charge in [-0.3, -0.25) is 10.1 Å². The van der Waals surface area contributed by atoms with Crippen LogP contribution in [0, 0.1) is 15.5 Å². The second-order valence-corrected chi connectivity index (χ2v) is 7.74. The number of nitrogens with zero attached hydrogens (tertiary/aromatic N) is 1. The van der Waals surface area contributed by atoms with E-state index in [2.05, 4.69) is 17.4 Å². The Balaban J connectivity index is 1.80.